The summed E-state index contributed by atoms with van der Waals surface area (Å²) in [6.07, 6.45) is 3.45. The van der Waals surface area contributed by atoms with Gasteiger partial charge >= 0.3 is 0 Å². The zero-order valence-electron chi connectivity index (χ0n) is 11.4. The summed E-state index contributed by atoms with van der Waals surface area (Å²) < 4.78 is 5.42. The maximum absolute atomic E-state index is 12.4. The molecule has 1 aliphatic rings. The molecule has 1 aromatic heterocycles. The van der Waals surface area contributed by atoms with E-state index in [0.29, 0.717) is 5.56 Å². The third-order valence-electron chi connectivity index (χ3n) is 3.85. The number of piperidine rings is 1. The number of furan rings is 1. The van der Waals surface area contributed by atoms with Crippen LogP contribution in [-0.4, -0.2) is 24.5 Å². The number of fused-ring (bicyclic) bond motifs is 1. The van der Waals surface area contributed by atoms with Crippen molar-refractivity contribution in [2.45, 2.75) is 25.3 Å². The van der Waals surface area contributed by atoms with E-state index in [4.69, 9.17) is 4.42 Å². The van der Waals surface area contributed by atoms with Gasteiger partial charge in [0, 0.05) is 10.9 Å². The Morgan fingerprint density at radius 3 is 2.75 bits per heavy atom. The molecule has 0 aliphatic carbocycles. The Bertz CT molecular complexity index is 603. The van der Waals surface area contributed by atoms with Gasteiger partial charge in [-0.1, -0.05) is 18.2 Å². The van der Waals surface area contributed by atoms with Crippen LogP contribution in [0.2, 0.25) is 0 Å². The summed E-state index contributed by atoms with van der Waals surface area (Å²) in [5.41, 5.74) is 1.25. The summed E-state index contributed by atoms with van der Waals surface area (Å²) in [4.78, 5) is 12.4. The zero-order chi connectivity index (χ0) is 13.3. The molecule has 1 aliphatic heterocycles. The Kier molecular flexibility index (Phi) is 4.35. The van der Waals surface area contributed by atoms with E-state index in [1.54, 1.807) is 6.26 Å². The Balaban J connectivity index is 0.00000147. The largest absolute Gasteiger partial charge is 0.463 e. The van der Waals surface area contributed by atoms with Gasteiger partial charge in [0.2, 0.25) is 0 Å². The normalized spacial score (nSPS) is 17.4. The molecule has 1 amide bonds. The van der Waals surface area contributed by atoms with E-state index in [9.17, 15) is 4.79 Å². The van der Waals surface area contributed by atoms with Crippen LogP contribution >= 0.6 is 12.4 Å². The Morgan fingerprint density at radius 1 is 1.30 bits per heavy atom. The predicted molar refractivity (Wildman–Crippen MR) is 81.4 cm³/mol. The molecular weight excluding hydrogens is 276 g/mol. The van der Waals surface area contributed by atoms with E-state index in [0.717, 1.165) is 36.9 Å². The van der Waals surface area contributed by atoms with Gasteiger partial charge < -0.3 is 15.1 Å². The second-order valence-electron chi connectivity index (χ2n) is 5.41. The molecule has 1 saturated heterocycles. The molecule has 0 radical (unpaired) electrons. The van der Waals surface area contributed by atoms with Crippen molar-refractivity contribution in [3.63, 3.8) is 0 Å². The Labute approximate surface area is 124 Å². The second-order valence-corrected chi connectivity index (χ2v) is 5.41. The lowest BCUT2D eigenvalue weighted by atomic mass is 9.90. The number of hydrogen-bond donors (Lipinski definition) is 2. The summed E-state index contributed by atoms with van der Waals surface area (Å²) in [6, 6.07) is 7.61. The molecule has 0 atom stereocenters. The van der Waals surface area contributed by atoms with E-state index in [2.05, 4.69) is 17.6 Å². The summed E-state index contributed by atoms with van der Waals surface area (Å²) >= 11 is 0. The van der Waals surface area contributed by atoms with Crippen molar-refractivity contribution >= 4 is 29.3 Å². The van der Waals surface area contributed by atoms with Crippen LogP contribution in [0, 0.1) is 0 Å². The van der Waals surface area contributed by atoms with Crippen molar-refractivity contribution in [2.24, 2.45) is 0 Å². The van der Waals surface area contributed by atoms with Gasteiger partial charge in [-0.25, -0.2) is 0 Å². The van der Waals surface area contributed by atoms with Crippen LogP contribution in [0.5, 0.6) is 0 Å². The number of carbonyl (C=O) groups is 1. The van der Waals surface area contributed by atoms with Crippen LogP contribution in [0.15, 0.2) is 34.9 Å². The maximum Gasteiger partial charge on any atom is 0.255 e. The van der Waals surface area contributed by atoms with Gasteiger partial charge in [0.25, 0.3) is 5.91 Å². The minimum atomic E-state index is -0.124. The first kappa shape index (κ1) is 14.9. The molecule has 0 saturated carbocycles. The van der Waals surface area contributed by atoms with Gasteiger partial charge in [-0.15, -0.1) is 12.4 Å². The lowest BCUT2D eigenvalue weighted by Crippen LogP contribution is -2.52. The standard InChI is InChI=1S/C15H18N2O2.ClH/c1-15(6-8-16-9-7-15)17-14(18)12-10-19-13-5-3-2-4-11(12)13;/h2-5,10,16H,6-9H2,1H3,(H,17,18);1H. The summed E-state index contributed by atoms with van der Waals surface area (Å²) in [5.74, 6) is -0.0469. The first-order valence-corrected chi connectivity index (χ1v) is 6.67. The van der Waals surface area contributed by atoms with Gasteiger partial charge in [0.15, 0.2) is 0 Å². The molecule has 5 heteroatoms. The molecule has 4 nitrogen and oxygen atoms in total. The second kappa shape index (κ2) is 5.85. The van der Waals surface area contributed by atoms with Gasteiger partial charge in [0.1, 0.15) is 11.8 Å². The van der Waals surface area contributed by atoms with Crippen LogP contribution in [0.4, 0.5) is 0 Å². The van der Waals surface area contributed by atoms with E-state index in [1.807, 2.05) is 24.3 Å². The SMILES string of the molecule is CC1(NC(=O)c2coc3ccccc23)CCNCC1.Cl. The quantitative estimate of drug-likeness (QED) is 0.895. The molecule has 0 unspecified atom stereocenters. The van der Waals surface area contributed by atoms with Crippen molar-refractivity contribution < 1.29 is 9.21 Å². The van der Waals surface area contributed by atoms with E-state index in [1.165, 1.54) is 0 Å². The average molecular weight is 295 g/mol. The van der Waals surface area contributed by atoms with Crippen LogP contribution in [-0.2, 0) is 0 Å². The molecule has 20 heavy (non-hydrogen) atoms. The fraction of sp³-hybridized carbons (Fsp3) is 0.400. The first-order chi connectivity index (χ1) is 9.18. The van der Waals surface area contributed by atoms with Crippen LogP contribution in [0.3, 0.4) is 0 Å². The monoisotopic (exact) mass is 294 g/mol. The molecular formula is C15H19ClN2O2. The minimum Gasteiger partial charge on any atom is -0.463 e. The van der Waals surface area contributed by atoms with E-state index >= 15 is 0 Å². The number of rotatable bonds is 2. The molecule has 3 rings (SSSR count). The van der Waals surface area contributed by atoms with Crippen molar-refractivity contribution in [1.29, 1.82) is 0 Å². The average Bonchev–Trinajstić information content (AvgIpc) is 2.83. The third-order valence-corrected chi connectivity index (χ3v) is 3.85. The van der Waals surface area contributed by atoms with Gasteiger partial charge in [-0.2, -0.15) is 0 Å². The number of carbonyl (C=O) groups excluding carboxylic acids is 1. The van der Waals surface area contributed by atoms with Crippen molar-refractivity contribution in [1.82, 2.24) is 10.6 Å². The summed E-state index contributed by atoms with van der Waals surface area (Å²) in [5, 5.41) is 7.33. The van der Waals surface area contributed by atoms with E-state index < -0.39 is 0 Å². The van der Waals surface area contributed by atoms with E-state index in [-0.39, 0.29) is 23.9 Å². The Morgan fingerprint density at radius 2 is 2.00 bits per heavy atom. The smallest absolute Gasteiger partial charge is 0.255 e. The minimum absolute atomic E-state index is 0. The van der Waals surface area contributed by atoms with Gasteiger partial charge in [-0.05, 0) is 38.9 Å². The predicted octanol–water partition coefficient (Wildman–Crippen LogP) is 2.73. The van der Waals surface area contributed by atoms with Crippen LogP contribution in [0.1, 0.15) is 30.1 Å². The van der Waals surface area contributed by atoms with Crippen LogP contribution in [0.25, 0.3) is 11.0 Å². The molecule has 108 valence electrons. The van der Waals surface area contributed by atoms with Gasteiger partial charge in [0.05, 0.1) is 5.56 Å². The zero-order valence-corrected chi connectivity index (χ0v) is 12.3. The molecule has 0 spiro atoms. The highest BCUT2D eigenvalue weighted by atomic mass is 35.5. The highest BCUT2D eigenvalue weighted by Crippen LogP contribution is 2.23. The van der Waals surface area contributed by atoms with Crippen molar-refractivity contribution in [3.05, 3.63) is 36.1 Å². The topological polar surface area (TPSA) is 54.3 Å². The summed E-state index contributed by atoms with van der Waals surface area (Å²) in [6.45, 7) is 4.00. The lowest BCUT2D eigenvalue weighted by molar-refractivity contribution is 0.0888. The van der Waals surface area contributed by atoms with Crippen LogP contribution < -0.4 is 10.6 Å². The number of amides is 1. The molecule has 0 bridgehead atoms. The third kappa shape index (κ3) is 2.81. The Hall–Kier alpha value is -1.52. The first-order valence-electron chi connectivity index (χ1n) is 6.67. The number of halogens is 1. The fourth-order valence-corrected chi connectivity index (χ4v) is 2.60. The van der Waals surface area contributed by atoms with Gasteiger partial charge in [-0.3, -0.25) is 4.79 Å². The molecule has 1 aromatic carbocycles. The van der Waals surface area contributed by atoms with Crippen molar-refractivity contribution in [2.75, 3.05) is 13.1 Å². The number of hydrogen-bond acceptors (Lipinski definition) is 3. The van der Waals surface area contributed by atoms with Crippen molar-refractivity contribution in [3.8, 4) is 0 Å². The molecule has 1 fully saturated rings. The molecule has 2 heterocycles. The number of para-hydroxylation sites is 1. The lowest BCUT2D eigenvalue weighted by Gasteiger charge is -2.34. The number of benzene rings is 1. The fourth-order valence-electron chi connectivity index (χ4n) is 2.60. The maximum atomic E-state index is 12.4. The highest BCUT2D eigenvalue weighted by molar-refractivity contribution is 6.06. The summed E-state index contributed by atoms with van der Waals surface area (Å²) in [7, 11) is 0. The molecule has 2 aromatic rings. The highest BCUT2D eigenvalue weighted by Gasteiger charge is 2.29. The number of nitrogens with one attached hydrogen (secondary N) is 2. The molecule has 2 N–H and O–H groups in total.